The van der Waals surface area contributed by atoms with Crippen LogP contribution in [0.3, 0.4) is 0 Å². The molecule has 0 saturated carbocycles. The number of fused-ring (bicyclic) bond motifs is 1. The zero-order valence-corrected chi connectivity index (χ0v) is 17.1. The number of esters is 1. The van der Waals surface area contributed by atoms with Crippen molar-refractivity contribution >= 4 is 23.9 Å². The summed E-state index contributed by atoms with van der Waals surface area (Å²) in [4.78, 5) is 37.1. The Hall–Kier alpha value is -4.01. The van der Waals surface area contributed by atoms with Crippen molar-refractivity contribution in [2.24, 2.45) is 0 Å². The Balaban J connectivity index is 1.85. The molecule has 162 valence electrons. The monoisotopic (exact) mass is 426 g/mol. The van der Waals surface area contributed by atoms with Crippen LogP contribution in [-0.2, 0) is 14.3 Å². The lowest BCUT2D eigenvalue weighted by Gasteiger charge is -2.13. The summed E-state index contributed by atoms with van der Waals surface area (Å²) in [6.45, 7) is 1.63. The van der Waals surface area contributed by atoms with Gasteiger partial charge in [0.25, 0.3) is 11.8 Å². The highest BCUT2D eigenvalue weighted by Crippen LogP contribution is 2.33. The molecular weight excluding hydrogens is 404 g/mol. The molecule has 2 aromatic carbocycles. The summed E-state index contributed by atoms with van der Waals surface area (Å²) in [7, 11) is 1.45. The van der Waals surface area contributed by atoms with Gasteiger partial charge in [-0.1, -0.05) is 18.2 Å². The number of hydrogen-bond acceptors (Lipinski definition) is 7. The fourth-order valence-electron chi connectivity index (χ4n) is 2.81. The zero-order chi connectivity index (χ0) is 22.2. The molecule has 0 unspecified atom stereocenters. The summed E-state index contributed by atoms with van der Waals surface area (Å²) < 4.78 is 20.7. The SMILES string of the molecule is CCOC(=O)CNC(=O)C(=Cc1ccc2c(c1)OCO2)NC(=O)c1ccccc1OC. The molecular formula is C22H22N2O7. The van der Waals surface area contributed by atoms with E-state index in [1.807, 2.05) is 0 Å². The van der Waals surface area contributed by atoms with Gasteiger partial charge in [0.15, 0.2) is 11.5 Å². The van der Waals surface area contributed by atoms with Crippen molar-refractivity contribution in [1.82, 2.24) is 10.6 Å². The highest BCUT2D eigenvalue weighted by Gasteiger charge is 2.19. The summed E-state index contributed by atoms with van der Waals surface area (Å²) >= 11 is 0. The van der Waals surface area contributed by atoms with Crippen LogP contribution >= 0.6 is 0 Å². The number of para-hydroxylation sites is 1. The Morgan fingerprint density at radius 3 is 2.65 bits per heavy atom. The molecule has 2 aromatic rings. The van der Waals surface area contributed by atoms with Crippen LogP contribution in [-0.4, -0.2) is 44.8 Å². The molecule has 31 heavy (non-hydrogen) atoms. The number of carbonyl (C=O) groups excluding carboxylic acids is 3. The maximum atomic E-state index is 12.8. The molecule has 1 aliphatic heterocycles. The fraction of sp³-hybridized carbons (Fsp3) is 0.227. The summed E-state index contributed by atoms with van der Waals surface area (Å²) in [5.41, 5.74) is 0.768. The molecule has 0 atom stereocenters. The molecule has 1 aliphatic rings. The minimum atomic E-state index is -0.658. The first kappa shape index (κ1) is 21.7. The van der Waals surface area contributed by atoms with Crippen LogP contribution in [0.5, 0.6) is 17.2 Å². The number of rotatable bonds is 8. The number of methoxy groups -OCH3 is 1. The first-order chi connectivity index (χ1) is 15.0. The number of benzene rings is 2. The lowest BCUT2D eigenvalue weighted by Crippen LogP contribution is -2.37. The van der Waals surface area contributed by atoms with Crippen LogP contribution in [0.25, 0.3) is 6.08 Å². The van der Waals surface area contributed by atoms with Crippen LogP contribution in [0.15, 0.2) is 48.2 Å². The van der Waals surface area contributed by atoms with Gasteiger partial charge in [0, 0.05) is 0 Å². The summed E-state index contributed by atoms with van der Waals surface area (Å²) in [5, 5.41) is 5.03. The van der Waals surface area contributed by atoms with E-state index in [2.05, 4.69) is 10.6 Å². The molecule has 9 nitrogen and oxygen atoms in total. The molecule has 0 saturated heterocycles. The van der Waals surface area contributed by atoms with Gasteiger partial charge in [-0.2, -0.15) is 0 Å². The maximum absolute atomic E-state index is 12.8. The first-order valence-corrected chi connectivity index (χ1v) is 9.51. The molecule has 2 amide bonds. The van der Waals surface area contributed by atoms with Crippen molar-refractivity contribution < 1.29 is 33.3 Å². The number of amides is 2. The Labute approximate surface area is 178 Å². The van der Waals surface area contributed by atoms with E-state index in [0.717, 1.165) is 0 Å². The summed E-state index contributed by atoms with van der Waals surface area (Å²) in [6, 6.07) is 11.7. The van der Waals surface area contributed by atoms with E-state index >= 15 is 0 Å². The molecule has 0 aliphatic carbocycles. The van der Waals surface area contributed by atoms with Gasteiger partial charge in [-0.25, -0.2) is 0 Å². The summed E-state index contributed by atoms with van der Waals surface area (Å²) in [5.74, 6) is -0.326. The molecule has 0 fully saturated rings. The predicted octanol–water partition coefficient (Wildman–Crippen LogP) is 1.87. The molecule has 9 heteroatoms. The molecule has 0 spiro atoms. The highest BCUT2D eigenvalue weighted by molar-refractivity contribution is 6.06. The van der Waals surface area contributed by atoms with Gasteiger partial charge in [-0.05, 0) is 42.8 Å². The van der Waals surface area contributed by atoms with Gasteiger partial charge in [0.05, 0.1) is 19.3 Å². The maximum Gasteiger partial charge on any atom is 0.325 e. The Morgan fingerprint density at radius 2 is 1.87 bits per heavy atom. The van der Waals surface area contributed by atoms with Crippen LogP contribution in [0.2, 0.25) is 0 Å². The average Bonchev–Trinajstić information content (AvgIpc) is 3.25. The van der Waals surface area contributed by atoms with Crippen molar-refractivity contribution in [3.05, 3.63) is 59.3 Å². The van der Waals surface area contributed by atoms with Crippen LogP contribution in [0, 0.1) is 0 Å². The van der Waals surface area contributed by atoms with E-state index in [4.69, 9.17) is 18.9 Å². The third-order valence-electron chi connectivity index (χ3n) is 4.25. The number of hydrogen-bond donors (Lipinski definition) is 2. The minimum absolute atomic E-state index is 0.0703. The van der Waals surface area contributed by atoms with Gasteiger partial charge in [-0.3, -0.25) is 14.4 Å². The van der Waals surface area contributed by atoms with Gasteiger partial charge in [0.2, 0.25) is 6.79 Å². The fourth-order valence-corrected chi connectivity index (χ4v) is 2.81. The Kier molecular flexibility index (Phi) is 7.10. The second kappa shape index (κ2) is 10.1. The average molecular weight is 426 g/mol. The topological polar surface area (TPSA) is 112 Å². The smallest absolute Gasteiger partial charge is 0.325 e. The summed E-state index contributed by atoms with van der Waals surface area (Å²) in [6.07, 6.45) is 1.47. The van der Waals surface area contributed by atoms with E-state index in [1.54, 1.807) is 49.4 Å². The standard InChI is InChI=1S/C22H22N2O7/c1-3-29-20(25)12-23-22(27)16(10-14-8-9-18-19(11-14)31-13-30-18)24-21(26)15-6-4-5-7-17(15)28-2/h4-11H,3,12-13H2,1-2H3,(H,23,27)(H,24,26). The van der Waals surface area contributed by atoms with Gasteiger partial charge >= 0.3 is 5.97 Å². The van der Waals surface area contributed by atoms with Crippen LogP contribution in [0.1, 0.15) is 22.8 Å². The van der Waals surface area contributed by atoms with Gasteiger partial charge in [0.1, 0.15) is 18.0 Å². The number of carbonyl (C=O) groups is 3. The van der Waals surface area contributed by atoms with Crippen LogP contribution < -0.4 is 24.8 Å². The largest absolute Gasteiger partial charge is 0.496 e. The van der Waals surface area contributed by atoms with Crippen molar-refractivity contribution in [1.29, 1.82) is 0 Å². The molecule has 0 bridgehead atoms. The second-order valence-corrected chi connectivity index (χ2v) is 6.31. The van der Waals surface area contributed by atoms with Gasteiger partial charge < -0.3 is 29.6 Å². The Morgan fingerprint density at radius 1 is 1.10 bits per heavy atom. The first-order valence-electron chi connectivity index (χ1n) is 9.51. The second-order valence-electron chi connectivity index (χ2n) is 6.31. The van der Waals surface area contributed by atoms with Crippen molar-refractivity contribution in [2.75, 3.05) is 27.1 Å². The number of ether oxygens (including phenoxy) is 4. The lowest BCUT2D eigenvalue weighted by molar-refractivity contribution is -0.143. The van der Waals surface area contributed by atoms with Crippen molar-refractivity contribution in [3.8, 4) is 17.2 Å². The molecule has 1 heterocycles. The van der Waals surface area contributed by atoms with E-state index in [-0.39, 0.29) is 31.2 Å². The minimum Gasteiger partial charge on any atom is -0.496 e. The van der Waals surface area contributed by atoms with Crippen molar-refractivity contribution in [3.63, 3.8) is 0 Å². The van der Waals surface area contributed by atoms with E-state index in [1.165, 1.54) is 13.2 Å². The quantitative estimate of drug-likeness (QED) is 0.490. The van der Waals surface area contributed by atoms with E-state index in [9.17, 15) is 14.4 Å². The zero-order valence-electron chi connectivity index (χ0n) is 17.1. The highest BCUT2D eigenvalue weighted by atomic mass is 16.7. The van der Waals surface area contributed by atoms with E-state index in [0.29, 0.717) is 22.8 Å². The van der Waals surface area contributed by atoms with E-state index < -0.39 is 17.8 Å². The van der Waals surface area contributed by atoms with Crippen molar-refractivity contribution in [2.45, 2.75) is 6.92 Å². The van der Waals surface area contributed by atoms with Crippen LogP contribution in [0.4, 0.5) is 0 Å². The molecule has 3 rings (SSSR count). The third kappa shape index (κ3) is 5.53. The predicted molar refractivity (Wildman–Crippen MR) is 111 cm³/mol. The van der Waals surface area contributed by atoms with Gasteiger partial charge in [-0.15, -0.1) is 0 Å². The third-order valence-corrected chi connectivity index (χ3v) is 4.25. The molecule has 2 N–H and O–H groups in total. The molecule has 0 aromatic heterocycles. The molecule has 0 radical (unpaired) electrons. The normalized spacial score (nSPS) is 12.1. The Bertz CT molecular complexity index is 1020. The number of nitrogens with one attached hydrogen (secondary N) is 2. The lowest BCUT2D eigenvalue weighted by atomic mass is 10.1.